The van der Waals surface area contributed by atoms with E-state index in [-0.39, 0.29) is 24.8 Å². The summed E-state index contributed by atoms with van der Waals surface area (Å²) in [6, 6.07) is 2.39. The van der Waals surface area contributed by atoms with Crippen molar-refractivity contribution >= 4 is 22.9 Å². The van der Waals surface area contributed by atoms with Crippen LogP contribution in [0.25, 0.3) is 0 Å². The molecule has 31 heavy (non-hydrogen) atoms. The van der Waals surface area contributed by atoms with Crippen LogP contribution in [-0.4, -0.2) is 32.6 Å². The smallest absolute Gasteiger partial charge is 0.416 e. The first-order chi connectivity index (χ1) is 14.3. The molecule has 0 N–H and O–H groups in total. The maximum absolute atomic E-state index is 12.9. The third-order valence-corrected chi connectivity index (χ3v) is 4.68. The molecule has 168 valence electrons. The molecule has 6 nitrogen and oxygen atoms in total. The lowest BCUT2D eigenvalue weighted by Gasteiger charge is -2.20. The minimum absolute atomic E-state index is 0.00295. The van der Waals surface area contributed by atoms with Crippen molar-refractivity contribution < 1.29 is 40.7 Å². The average Bonchev–Trinajstić information content (AvgIpc) is 2.96. The van der Waals surface area contributed by atoms with E-state index in [9.17, 15) is 35.9 Å². The third-order valence-electron chi connectivity index (χ3n) is 4.48. The fraction of sp³-hybridized carbons (Fsp3) is 0.389. The zero-order valence-corrected chi connectivity index (χ0v) is 16.3. The number of benzene rings is 1. The Morgan fingerprint density at radius 2 is 1.61 bits per heavy atom. The predicted octanol–water partition coefficient (Wildman–Crippen LogP) is 4.84. The van der Waals surface area contributed by atoms with Gasteiger partial charge in [-0.05, 0) is 47.9 Å². The lowest BCUT2D eigenvalue weighted by Crippen LogP contribution is -2.31. The molecule has 0 radical (unpaired) electrons. The molecule has 3 rings (SSSR count). The fourth-order valence-corrected chi connectivity index (χ4v) is 3.15. The predicted molar refractivity (Wildman–Crippen MR) is 94.1 cm³/mol. The first-order valence-corrected chi connectivity index (χ1v) is 9.19. The first kappa shape index (κ1) is 22.9. The second-order valence-corrected chi connectivity index (χ2v) is 7.10. The van der Waals surface area contributed by atoms with Crippen LogP contribution in [0, 0.1) is 0 Å². The van der Waals surface area contributed by atoms with Crippen LogP contribution in [0.1, 0.15) is 39.3 Å². The molecule has 0 bridgehead atoms. The van der Waals surface area contributed by atoms with Gasteiger partial charge in [-0.25, -0.2) is 4.79 Å². The second kappa shape index (κ2) is 8.40. The summed E-state index contributed by atoms with van der Waals surface area (Å²) in [7, 11) is 0. The van der Waals surface area contributed by atoms with Crippen LogP contribution >= 0.6 is 11.6 Å². The highest BCUT2D eigenvalue weighted by Crippen LogP contribution is 2.36. The van der Waals surface area contributed by atoms with E-state index in [2.05, 4.69) is 5.10 Å². The summed E-state index contributed by atoms with van der Waals surface area (Å²) in [4.78, 5) is 24.8. The van der Waals surface area contributed by atoms with Crippen LogP contribution in [0.2, 0.25) is 0 Å². The normalized spacial score (nSPS) is 14.7. The summed E-state index contributed by atoms with van der Waals surface area (Å²) in [6.45, 7) is -0.214. The fourth-order valence-electron chi connectivity index (χ4n) is 3.05. The van der Waals surface area contributed by atoms with Crippen molar-refractivity contribution in [1.29, 1.82) is 0 Å². The van der Waals surface area contributed by atoms with E-state index < -0.39 is 47.0 Å². The standard InChI is InChI=1S/C18H14ClF6N3O3/c19-15(29)14-7-13-8-27(2-1-3-28(13)26-14)16(30)31-9-10-4-11(17(20,21)22)6-12(5-10)18(23,24)25/h4-7H,1-3,8-9H2. The van der Waals surface area contributed by atoms with Crippen LogP contribution in [0.5, 0.6) is 0 Å². The van der Waals surface area contributed by atoms with Crippen molar-refractivity contribution in [3.8, 4) is 0 Å². The van der Waals surface area contributed by atoms with Crippen molar-refractivity contribution in [3.63, 3.8) is 0 Å². The van der Waals surface area contributed by atoms with Gasteiger partial charge in [0.15, 0.2) is 0 Å². The van der Waals surface area contributed by atoms with Crippen molar-refractivity contribution in [3.05, 3.63) is 52.3 Å². The minimum Gasteiger partial charge on any atom is -0.445 e. The van der Waals surface area contributed by atoms with Gasteiger partial charge in [0.05, 0.1) is 23.4 Å². The van der Waals surface area contributed by atoms with Gasteiger partial charge in [0.25, 0.3) is 5.24 Å². The molecule has 13 heteroatoms. The zero-order valence-electron chi connectivity index (χ0n) is 15.6. The molecule has 1 amide bonds. The van der Waals surface area contributed by atoms with Gasteiger partial charge in [-0.2, -0.15) is 31.4 Å². The molecule has 0 saturated heterocycles. The second-order valence-electron chi connectivity index (χ2n) is 6.76. The number of carbonyl (C=O) groups is 2. The number of halogens is 7. The number of hydrogen-bond donors (Lipinski definition) is 0. The van der Waals surface area contributed by atoms with Crippen LogP contribution in [0.3, 0.4) is 0 Å². The number of aryl methyl sites for hydroxylation is 1. The van der Waals surface area contributed by atoms with Gasteiger partial charge in [-0.3, -0.25) is 9.48 Å². The van der Waals surface area contributed by atoms with E-state index in [1.165, 1.54) is 15.6 Å². The molecule has 1 aliphatic heterocycles. The summed E-state index contributed by atoms with van der Waals surface area (Å²) in [5.74, 6) is 0. The van der Waals surface area contributed by atoms with Crippen molar-refractivity contribution in [2.24, 2.45) is 0 Å². The Morgan fingerprint density at radius 1 is 1.00 bits per heavy atom. The van der Waals surface area contributed by atoms with Crippen LogP contribution < -0.4 is 0 Å². The zero-order chi connectivity index (χ0) is 23.0. The van der Waals surface area contributed by atoms with Gasteiger partial charge in [-0.1, -0.05) is 0 Å². The highest BCUT2D eigenvalue weighted by Gasteiger charge is 2.37. The Balaban J connectivity index is 1.74. The van der Waals surface area contributed by atoms with Crippen LogP contribution in [0.15, 0.2) is 24.3 Å². The summed E-state index contributed by atoms with van der Waals surface area (Å²) in [5, 5.41) is 3.23. The maximum atomic E-state index is 12.9. The van der Waals surface area contributed by atoms with E-state index >= 15 is 0 Å². The number of carbonyl (C=O) groups excluding carboxylic acids is 2. The van der Waals surface area contributed by atoms with Gasteiger partial charge >= 0.3 is 18.4 Å². The van der Waals surface area contributed by atoms with Crippen LogP contribution in [0.4, 0.5) is 31.1 Å². The molecule has 1 aromatic carbocycles. The largest absolute Gasteiger partial charge is 0.445 e. The number of aromatic nitrogens is 2. The molecule has 1 aliphatic rings. The Labute approximate surface area is 176 Å². The summed E-state index contributed by atoms with van der Waals surface area (Å²) in [5.41, 5.74) is -2.96. The summed E-state index contributed by atoms with van der Waals surface area (Å²) < 4.78 is 84.1. The monoisotopic (exact) mass is 469 g/mol. The topological polar surface area (TPSA) is 64.4 Å². The molecule has 1 aromatic heterocycles. The van der Waals surface area contributed by atoms with E-state index in [0.29, 0.717) is 30.8 Å². The van der Waals surface area contributed by atoms with Gasteiger partial charge in [0, 0.05) is 13.1 Å². The number of alkyl halides is 6. The quantitative estimate of drug-likeness (QED) is 0.476. The Hall–Kier alpha value is -2.76. The molecule has 0 atom stereocenters. The Bertz CT molecular complexity index is 970. The van der Waals surface area contributed by atoms with E-state index in [1.54, 1.807) is 0 Å². The van der Waals surface area contributed by atoms with Gasteiger partial charge in [-0.15, -0.1) is 0 Å². The van der Waals surface area contributed by atoms with Gasteiger partial charge < -0.3 is 9.64 Å². The third kappa shape index (κ3) is 5.49. The molecule has 0 fully saturated rings. The SMILES string of the molecule is O=C(Cl)c1cc2n(n1)CCCN(C(=O)OCc1cc(C(F)(F)F)cc(C(F)(F)F)c1)C2. The summed E-state index contributed by atoms with van der Waals surface area (Å²) >= 11 is 5.39. The number of nitrogens with zero attached hydrogens (tertiary/aromatic N) is 3. The highest BCUT2D eigenvalue weighted by molar-refractivity contribution is 6.67. The van der Waals surface area contributed by atoms with E-state index in [1.807, 2.05) is 0 Å². The molecule has 0 spiro atoms. The van der Waals surface area contributed by atoms with Crippen molar-refractivity contribution in [2.45, 2.75) is 38.5 Å². The van der Waals surface area contributed by atoms with E-state index in [4.69, 9.17) is 16.3 Å². The molecule has 2 heterocycles. The maximum Gasteiger partial charge on any atom is 0.416 e. The minimum atomic E-state index is -5.00. The molecular weight excluding hydrogens is 456 g/mol. The number of hydrogen-bond acceptors (Lipinski definition) is 4. The average molecular weight is 470 g/mol. The lowest BCUT2D eigenvalue weighted by molar-refractivity contribution is -0.143. The molecule has 2 aromatic rings. The summed E-state index contributed by atoms with van der Waals surface area (Å²) in [6.07, 6.45) is -10.5. The van der Waals surface area contributed by atoms with Gasteiger partial charge in [0.1, 0.15) is 12.3 Å². The number of ether oxygens (including phenoxy) is 1. The first-order valence-electron chi connectivity index (χ1n) is 8.81. The molecular formula is C18H14ClF6N3O3. The van der Waals surface area contributed by atoms with Crippen molar-refractivity contribution in [1.82, 2.24) is 14.7 Å². The number of rotatable bonds is 3. The van der Waals surface area contributed by atoms with Crippen LogP contribution in [-0.2, 0) is 36.8 Å². The molecule has 0 unspecified atom stereocenters. The number of amides is 1. The molecule has 0 saturated carbocycles. The van der Waals surface area contributed by atoms with Crippen molar-refractivity contribution in [2.75, 3.05) is 6.54 Å². The van der Waals surface area contributed by atoms with E-state index in [0.717, 1.165) is 0 Å². The highest BCUT2D eigenvalue weighted by atomic mass is 35.5. The Morgan fingerprint density at radius 3 is 2.16 bits per heavy atom. The molecule has 0 aliphatic carbocycles. The Kier molecular flexibility index (Phi) is 6.21. The van der Waals surface area contributed by atoms with Gasteiger partial charge in [0.2, 0.25) is 0 Å². The lowest BCUT2D eigenvalue weighted by atomic mass is 10.1. The number of fused-ring (bicyclic) bond motifs is 1.